The Kier molecular flexibility index (Phi) is 4.05. The maximum absolute atomic E-state index is 12.7. The first-order chi connectivity index (χ1) is 10.6. The number of amides is 1. The van der Waals surface area contributed by atoms with Crippen LogP contribution < -0.4 is 9.47 Å². The van der Waals surface area contributed by atoms with Crippen LogP contribution in [0, 0.1) is 0 Å². The molecule has 2 heterocycles. The predicted octanol–water partition coefficient (Wildman–Crippen LogP) is 3.19. The molecule has 1 amide bonds. The van der Waals surface area contributed by atoms with Gasteiger partial charge in [-0.05, 0) is 32.3 Å². The Labute approximate surface area is 130 Å². The van der Waals surface area contributed by atoms with E-state index >= 15 is 0 Å². The molecule has 2 aliphatic rings. The fourth-order valence-corrected chi connectivity index (χ4v) is 2.90. The molecule has 0 spiro atoms. The SMILES string of the molecule is CCC(C)Oc1cc2c(cc1OC)C(=O)N1CCCC1C=N2. The number of carbonyl (C=O) groups is 1. The normalized spacial score (nSPS) is 21.1. The van der Waals surface area contributed by atoms with Gasteiger partial charge in [-0.25, -0.2) is 0 Å². The van der Waals surface area contributed by atoms with Gasteiger partial charge < -0.3 is 14.4 Å². The van der Waals surface area contributed by atoms with Crippen molar-refractivity contribution in [2.24, 2.45) is 4.99 Å². The lowest BCUT2D eigenvalue weighted by molar-refractivity contribution is 0.0774. The van der Waals surface area contributed by atoms with Crippen molar-refractivity contribution in [3.63, 3.8) is 0 Å². The zero-order valence-electron chi connectivity index (χ0n) is 13.3. The van der Waals surface area contributed by atoms with Gasteiger partial charge >= 0.3 is 0 Å². The van der Waals surface area contributed by atoms with Gasteiger partial charge in [-0.15, -0.1) is 0 Å². The van der Waals surface area contributed by atoms with E-state index in [1.54, 1.807) is 13.2 Å². The molecule has 2 atom stereocenters. The number of hydrogen-bond acceptors (Lipinski definition) is 4. The van der Waals surface area contributed by atoms with Crippen LogP contribution in [0.4, 0.5) is 5.69 Å². The Morgan fingerprint density at radius 3 is 2.95 bits per heavy atom. The highest BCUT2D eigenvalue weighted by molar-refractivity contribution is 6.03. The van der Waals surface area contributed by atoms with Gasteiger partial charge in [0.15, 0.2) is 11.5 Å². The van der Waals surface area contributed by atoms with Gasteiger partial charge in [0, 0.05) is 18.8 Å². The van der Waals surface area contributed by atoms with Gasteiger partial charge in [0.05, 0.1) is 30.5 Å². The van der Waals surface area contributed by atoms with Crippen molar-refractivity contribution in [3.05, 3.63) is 17.7 Å². The van der Waals surface area contributed by atoms with E-state index in [-0.39, 0.29) is 18.1 Å². The van der Waals surface area contributed by atoms with Crippen LogP contribution in [0.25, 0.3) is 0 Å². The number of benzene rings is 1. The molecule has 1 saturated heterocycles. The van der Waals surface area contributed by atoms with E-state index in [1.807, 2.05) is 24.1 Å². The quantitative estimate of drug-likeness (QED) is 0.858. The van der Waals surface area contributed by atoms with E-state index in [4.69, 9.17) is 9.47 Å². The van der Waals surface area contributed by atoms with Crippen molar-refractivity contribution in [2.45, 2.75) is 45.3 Å². The van der Waals surface area contributed by atoms with Crippen molar-refractivity contribution in [1.29, 1.82) is 0 Å². The molecule has 0 radical (unpaired) electrons. The van der Waals surface area contributed by atoms with Crippen LogP contribution in [0.1, 0.15) is 43.5 Å². The fraction of sp³-hybridized carbons (Fsp3) is 0.529. The first kappa shape index (κ1) is 14.9. The van der Waals surface area contributed by atoms with Crippen molar-refractivity contribution < 1.29 is 14.3 Å². The summed E-state index contributed by atoms with van der Waals surface area (Å²) in [4.78, 5) is 19.1. The summed E-state index contributed by atoms with van der Waals surface area (Å²) >= 11 is 0. The van der Waals surface area contributed by atoms with Gasteiger partial charge in [-0.1, -0.05) is 6.92 Å². The van der Waals surface area contributed by atoms with E-state index in [2.05, 4.69) is 11.9 Å². The summed E-state index contributed by atoms with van der Waals surface area (Å²) in [5.41, 5.74) is 1.26. The topological polar surface area (TPSA) is 51.1 Å². The van der Waals surface area contributed by atoms with Gasteiger partial charge in [0.2, 0.25) is 0 Å². The van der Waals surface area contributed by atoms with Crippen LogP contribution in [-0.4, -0.2) is 42.8 Å². The molecule has 1 aromatic carbocycles. The van der Waals surface area contributed by atoms with Gasteiger partial charge in [-0.3, -0.25) is 9.79 Å². The summed E-state index contributed by atoms with van der Waals surface area (Å²) in [6.07, 6.45) is 4.88. The molecule has 0 bridgehead atoms. The first-order valence-electron chi connectivity index (χ1n) is 7.88. The Bertz CT molecular complexity index is 612. The smallest absolute Gasteiger partial charge is 0.256 e. The second-order valence-electron chi connectivity index (χ2n) is 5.84. The number of rotatable bonds is 4. The molecule has 2 unspecified atom stereocenters. The van der Waals surface area contributed by atoms with Crippen molar-refractivity contribution in [1.82, 2.24) is 4.90 Å². The molecule has 0 saturated carbocycles. The lowest BCUT2D eigenvalue weighted by Crippen LogP contribution is -2.35. The third-order valence-corrected chi connectivity index (χ3v) is 4.36. The van der Waals surface area contributed by atoms with E-state index in [1.165, 1.54) is 0 Å². The summed E-state index contributed by atoms with van der Waals surface area (Å²) < 4.78 is 11.3. The van der Waals surface area contributed by atoms with Crippen LogP contribution in [0.2, 0.25) is 0 Å². The highest BCUT2D eigenvalue weighted by Gasteiger charge is 2.32. The molecule has 0 N–H and O–H groups in total. The van der Waals surface area contributed by atoms with E-state index in [0.29, 0.717) is 22.7 Å². The molecule has 22 heavy (non-hydrogen) atoms. The second kappa shape index (κ2) is 5.99. The van der Waals surface area contributed by atoms with Crippen LogP contribution in [0.5, 0.6) is 11.5 Å². The molecule has 3 rings (SSSR count). The number of carbonyl (C=O) groups excluding carboxylic acids is 1. The monoisotopic (exact) mass is 302 g/mol. The zero-order chi connectivity index (χ0) is 15.7. The number of fused-ring (bicyclic) bond motifs is 2. The molecule has 1 aromatic rings. The number of nitrogens with zero attached hydrogens (tertiary/aromatic N) is 2. The predicted molar refractivity (Wildman–Crippen MR) is 85.6 cm³/mol. The lowest BCUT2D eigenvalue weighted by atomic mass is 10.1. The largest absolute Gasteiger partial charge is 0.493 e. The maximum atomic E-state index is 12.7. The fourth-order valence-electron chi connectivity index (χ4n) is 2.90. The minimum absolute atomic E-state index is 0.0309. The molecule has 0 aromatic heterocycles. The van der Waals surface area contributed by atoms with Crippen LogP contribution in [0.15, 0.2) is 17.1 Å². The van der Waals surface area contributed by atoms with Crippen molar-refractivity contribution in [2.75, 3.05) is 13.7 Å². The molecule has 118 valence electrons. The van der Waals surface area contributed by atoms with Gasteiger partial charge in [-0.2, -0.15) is 0 Å². The minimum atomic E-state index is 0.0309. The average Bonchev–Trinajstić information content (AvgIpc) is 2.96. The summed E-state index contributed by atoms with van der Waals surface area (Å²) in [5.74, 6) is 1.26. The summed E-state index contributed by atoms with van der Waals surface area (Å²) in [6.45, 7) is 4.87. The number of hydrogen-bond donors (Lipinski definition) is 0. The Morgan fingerprint density at radius 2 is 2.23 bits per heavy atom. The van der Waals surface area contributed by atoms with Crippen LogP contribution in [-0.2, 0) is 0 Å². The highest BCUT2D eigenvalue weighted by Crippen LogP contribution is 2.38. The van der Waals surface area contributed by atoms with E-state index in [0.717, 1.165) is 25.8 Å². The summed E-state index contributed by atoms with van der Waals surface area (Å²) in [6, 6.07) is 3.69. The Hall–Kier alpha value is -2.04. The maximum Gasteiger partial charge on any atom is 0.256 e. The summed E-state index contributed by atoms with van der Waals surface area (Å²) in [5, 5.41) is 0. The minimum Gasteiger partial charge on any atom is -0.493 e. The van der Waals surface area contributed by atoms with E-state index < -0.39 is 0 Å². The van der Waals surface area contributed by atoms with Gasteiger partial charge in [0.25, 0.3) is 5.91 Å². The number of aliphatic imine (C=N–C) groups is 1. The molecule has 5 nitrogen and oxygen atoms in total. The van der Waals surface area contributed by atoms with Crippen LogP contribution in [0.3, 0.4) is 0 Å². The molecule has 2 aliphatic heterocycles. The summed E-state index contributed by atoms with van der Waals surface area (Å²) in [7, 11) is 1.59. The average molecular weight is 302 g/mol. The molecular weight excluding hydrogens is 280 g/mol. The Balaban J connectivity index is 2.02. The first-order valence-corrected chi connectivity index (χ1v) is 7.88. The molecular formula is C17H22N2O3. The molecule has 1 fully saturated rings. The lowest BCUT2D eigenvalue weighted by Gasteiger charge is -2.21. The molecule has 0 aliphatic carbocycles. The second-order valence-corrected chi connectivity index (χ2v) is 5.84. The third kappa shape index (κ3) is 2.56. The van der Waals surface area contributed by atoms with E-state index in [9.17, 15) is 4.79 Å². The van der Waals surface area contributed by atoms with Crippen molar-refractivity contribution in [3.8, 4) is 11.5 Å². The number of ether oxygens (including phenoxy) is 2. The standard InChI is InChI=1S/C17H22N2O3/c1-4-11(2)22-16-9-14-13(8-15(16)21-3)17(20)19-7-5-6-12(19)10-18-14/h8-12H,4-7H2,1-3H3. The van der Waals surface area contributed by atoms with Gasteiger partial charge in [0.1, 0.15) is 0 Å². The Morgan fingerprint density at radius 1 is 1.41 bits per heavy atom. The van der Waals surface area contributed by atoms with Crippen LogP contribution >= 0.6 is 0 Å². The third-order valence-electron chi connectivity index (χ3n) is 4.36. The molecule has 5 heteroatoms. The number of methoxy groups -OCH3 is 1. The zero-order valence-corrected chi connectivity index (χ0v) is 13.3. The van der Waals surface area contributed by atoms with Crippen molar-refractivity contribution >= 4 is 17.8 Å². The highest BCUT2D eigenvalue weighted by atomic mass is 16.5.